The second kappa shape index (κ2) is 6.83. The van der Waals surface area contributed by atoms with E-state index in [4.69, 9.17) is 11.6 Å². The minimum absolute atomic E-state index is 0.302. The highest BCUT2D eigenvalue weighted by Gasteiger charge is 2.48. The fourth-order valence-electron chi connectivity index (χ4n) is 3.56. The molecule has 5 amide bonds. The molecule has 10 heteroatoms. The highest BCUT2D eigenvalue weighted by Crippen LogP contribution is 2.26. The van der Waals surface area contributed by atoms with E-state index < -0.39 is 11.6 Å². The van der Waals surface area contributed by atoms with Gasteiger partial charge in [-0.1, -0.05) is 23.7 Å². The van der Waals surface area contributed by atoms with Crippen LogP contribution in [0.1, 0.15) is 18.5 Å². The number of rotatable bonds is 2. The smallest absolute Gasteiger partial charge is 0.323 e. The first-order valence-corrected chi connectivity index (χ1v) is 9.27. The van der Waals surface area contributed by atoms with Crippen molar-refractivity contribution < 1.29 is 14.4 Å². The van der Waals surface area contributed by atoms with E-state index >= 15 is 0 Å². The number of anilines is 1. The number of aromatic nitrogens is 2. The molecule has 2 fully saturated rings. The lowest BCUT2D eigenvalue weighted by Gasteiger charge is -2.36. The number of carbonyl (C=O) groups excluding carboxylic acids is 3. The Labute approximate surface area is 166 Å². The van der Waals surface area contributed by atoms with Crippen LogP contribution in [-0.4, -0.2) is 51.3 Å². The van der Waals surface area contributed by atoms with Gasteiger partial charge in [0.15, 0.2) is 5.82 Å². The van der Waals surface area contributed by atoms with Gasteiger partial charge in [0.1, 0.15) is 5.54 Å². The minimum atomic E-state index is -0.907. The number of carbonyl (C=O) groups is 3. The first kappa shape index (κ1) is 18.3. The van der Waals surface area contributed by atoms with E-state index in [0.29, 0.717) is 36.8 Å². The predicted molar refractivity (Wildman–Crippen MR) is 103 cm³/mol. The van der Waals surface area contributed by atoms with Crippen LogP contribution in [0.2, 0.25) is 5.02 Å². The van der Waals surface area contributed by atoms with Crippen LogP contribution in [0.3, 0.4) is 0 Å². The molecule has 2 aromatic rings. The Bertz CT molecular complexity index is 964. The van der Waals surface area contributed by atoms with Crippen LogP contribution in [0.5, 0.6) is 0 Å². The average Bonchev–Trinajstić information content (AvgIpc) is 3.14. The summed E-state index contributed by atoms with van der Waals surface area (Å²) >= 11 is 6.23. The number of piperidine rings is 1. The Morgan fingerprint density at radius 2 is 1.96 bits per heavy atom. The topological polar surface area (TPSA) is 108 Å². The largest absolute Gasteiger partial charge is 0.324 e. The van der Waals surface area contributed by atoms with Crippen molar-refractivity contribution in [3.63, 3.8) is 0 Å². The molecule has 0 radical (unpaired) electrons. The highest BCUT2D eigenvalue weighted by atomic mass is 35.5. The van der Waals surface area contributed by atoms with Crippen molar-refractivity contribution in [1.29, 1.82) is 0 Å². The van der Waals surface area contributed by atoms with Crippen molar-refractivity contribution >= 4 is 35.4 Å². The summed E-state index contributed by atoms with van der Waals surface area (Å²) < 4.78 is 1.67. The summed E-state index contributed by atoms with van der Waals surface area (Å²) in [5, 5.41) is 12.7. The normalized spacial score (nSPS) is 18.1. The third kappa shape index (κ3) is 3.18. The molecular weight excluding hydrogens is 384 g/mol. The molecule has 28 heavy (non-hydrogen) atoms. The van der Waals surface area contributed by atoms with Crippen molar-refractivity contribution in [2.45, 2.75) is 25.3 Å². The quantitative estimate of drug-likeness (QED) is 0.668. The number of likely N-dealkylation sites (tertiary alicyclic amines) is 1. The number of benzene rings is 1. The molecule has 0 atom stereocenters. The summed E-state index contributed by atoms with van der Waals surface area (Å²) in [6.45, 7) is 2.57. The Kier molecular flexibility index (Phi) is 4.46. The van der Waals surface area contributed by atoms with E-state index in [1.807, 2.05) is 25.1 Å². The monoisotopic (exact) mass is 402 g/mol. The van der Waals surface area contributed by atoms with Gasteiger partial charge in [0.2, 0.25) is 0 Å². The van der Waals surface area contributed by atoms with Gasteiger partial charge in [-0.3, -0.25) is 15.4 Å². The molecule has 0 bridgehead atoms. The number of nitrogens with one attached hydrogen (secondary N) is 3. The summed E-state index contributed by atoms with van der Waals surface area (Å²) in [5.74, 6) is 0.0845. The molecule has 1 spiro atoms. The number of aryl methyl sites for hydroxylation is 1. The zero-order valence-electron chi connectivity index (χ0n) is 15.2. The number of hydrogen-bond donors (Lipinski definition) is 3. The number of hydrogen-bond acceptors (Lipinski definition) is 4. The van der Waals surface area contributed by atoms with Crippen LogP contribution in [0, 0.1) is 6.92 Å². The van der Waals surface area contributed by atoms with Crippen molar-refractivity contribution in [1.82, 2.24) is 25.3 Å². The van der Waals surface area contributed by atoms with E-state index in [0.717, 1.165) is 11.4 Å². The summed E-state index contributed by atoms with van der Waals surface area (Å²) in [6, 6.07) is 8.30. The molecule has 2 saturated heterocycles. The van der Waals surface area contributed by atoms with Gasteiger partial charge < -0.3 is 10.2 Å². The second-order valence-electron chi connectivity index (χ2n) is 6.94. The third-order valence-corrected chi connectivity index (χ3v) is 5.44. The lowest BCUT2D eigenvalue weighted by molar-refractivity contribution is -0.125. The van der Waals surface area contributed by atoms with Gasteiger partial charge in [-0.15, -0.1) is 5.10 Å². The zero-order valence-corrected chi connectivity index (χ0v) is 15.9. The number of amides is 5. The fourth-order valence-corrected chi connectivity index (χ4v) is 3.78. The standard InChI is InChI=1S/C18H19ClN6O3/c1-11-10-14(23-25(11)13-5-3-2-4-12(13)19)20-17(28)24-8-6-18(7-9-24)15(26)21-16(27)22-18/h2-5,10H,6-9H2,1H3,(H,20,23,28)(H2,21,22,26,27). The summed E-state index contributed by atoms with van der Waals surface area (Å²) in [5.41, 5.74) is 0.646. The molecule has 0 unspecified atom stereocenters. The van der Waals surface area contributed by atoms with E-state index in [9.17, 15) is 14.4 Å². The lowest BCUT2D eigenvalue weighted by Crippen LogP contribution is -2.56. The molecule has 0 saturated carbocycles. The molecule has 9 nitrogen and oxygen atoms in total. The minimum Gasteiger partial charge on any atom is -0.324 e. The van der Waals surface area contributed by atoms with Crippen LogP contribution in [-0.2, 0) is 4.79 Å². The Morgan fingerprint density at radius 3 is 2.61 bits per heavy atom. The molecule has 2 aliphatic heterocycles. The first-order valence-electron chi connectivity index (χ1n) is 8.89. The van der Waals surface area contributed by atoms with E-state index in [1.165, 1.54) is 0 Å². The third-order valence-electron chi connectivity index (χ3n) is 5.12. The predicted octanol–water partition coefficient (Wildman–Crippen LogP) is 2.04. The molecule has 4 rings (SSSR count). The van der Waals surface area contributed by atoms with Crippen molar-refractivity contribution in [2.75, 3.05) is 18.4 Å². The van der Waals surface area contributed by atoms with Gasteiger partial charge in [-0.2, -0.15) is 0 Å². The second-order valence-corrected chi connectivity index (χ2v) is 7.35. The maximum atomic E-state index is 12.6. The number of halogens is 1. The van der Waals surface area contributed by atoms with Crippen LogP contribution in [0.25, 0.3) is 5.69 Å². The first-order chi connectivity index (χ1) is 13.4. The van der Waals surface area contributed by atoms with Crippen molar-refractivity contribution in [3.05, 3.63) is 41.0 Å². The maximum absolute atomic E-state index is 12.6. The molecular formula is C18H19ClN6O3. The van der Waals surface area contributed by atoms with Crippen molar-refractivity contribution in [2.24, 2.45) is 0 Å². The van der Waals surface area contributed by atoms with Gasteiger partial charge in [-0.25, -0.2) is 14.3 Å². The van der Waals surface area contributed by atoms with E-state index in [1.54, 1.807) is 21.7 Å². The van der Waals surface area contributed by atoms with Gasteiger partial charge in [0, 0.05) is 24.8 Å². The van der Waals surface area contributed by atoms with Crippen LogP contribution >= 0.6 is 11.6 Å². The molecule has 3 N–H and O–H groups in total. The van der Waals surface area contributed by atoms with E-state index in [-0.39, 0.29) is 11.9 Å². The molecule has 1 aromatic carbocycles. The van der Waals surface area contributed by atoms with Gasteiger partial charge in [-0.05, 0) is 31.9 Å². The highest BCUT2D eigenvalue weighted by molar-refractivity contribution is 6.32. The average molecular weight is 403 g/mol. The van der Waals surface area contributed by atoms with Crippen LogP contribution in [0.15, 0.2) is 30.3 Å². The number of urea groups is 2. The molecule has 146 valence electrons. The summed E-state index contributed by atoms with van der Waals surface area (Å²) in [4.78, 5) is 37.6. The van der Waals surface area contributed by atoms with Crippen LogP contribution < -0.4 is 16.0 Å². The summed E-state index contributed by atoms with van der Waals surface area (Å²) in [6.07, 6.45) is 0.732. The Morgan fingerprint density at radius 1 is 1.25 bits per heavy atom. The van der Waals surface area contributed by atoms with Gasteiger partial charge in [0.05, 0.1) is 10.7 Å². The van der Waals surface area contributed by atoms with Crippen LogP contribution in [0.4, 0.5) is 15.4 Å². The summed E-state index contributed by atoms with van der Waals surface area (Å²) in [7, 11) is 0. The molecule has 0 aliphatic carbocycles. The fraction of sp³-hybridized carbons (Fsp3) is 0.333. The Hall–Kier alpha value is -3.07. The molecule has 3 heterocycles. The SMILES string of the molecule is Cc1cc(NC(=O)N2CCC3(CC2)NC(=O)NC3=O)nn1-c1ccccc1Cl. The lowest BCUT2D eigenvalue weighted by atomic mass is 9.88. The number of para-hydroxylation sites is 1. The van der Waals surface area contributed by atoms with Crippen molar-refractivity contribution in [3.8, 4) is 5.69 Å². The number of imide groups is 1. The molecule has 1 aromatic heterocycles. The van der Waals surface area contributed by atoms with Gasteiger partial charge >= 0.3 is 12.1 Å². The van der Waals surface area contributed by atoms with E-state index in [2.05, 4.69) is 21.0 Å². The number of nitrogens with zero attached hydrogens (tertiary/aromatic N) is 3. The zero-order chi connectivity index (χ0) is 19.9. The maximum Gasteiger partial charge on any atom is 0.323 e. The Balaban J connectivity index is 1.43. The van der Waals surface area contributed by atoms with Gasteiger partial charge in [0.25, 0.3) is 5.91 Å². The molecule has 2 aliphatic rings.